The molecule has 2 aromatic carbocycles. The predicted octanol–water partition coefficient (Wildman–Crippen LogP) is 3.75. The van der Waals surface area contributed by atoms with E-state index in [1.54, 1.807) is 19.1 Å². The van der Waals surface area contributed by atoms with Crippen molar-refractivity contribution in [3.05, 3.63) is 57.6 Å². The van der Waals surface area contributed by atoms with Gasteiger partial charge in [-0.2, -0.15) is 5.10 Å². The number of rotatable bonds is 6. The second-order valence-corrected chi connectivity index (χ2v) is 6.08. The van der Waals surface area contributed by atoms with E-state index < -0.39 is 0 Å². The molecule has 2 aromatic rings. The maximum absolute atomic E-state index is 12.0. The summed E-state index contributed by atoms with van der Waals surface area (Å²) in [5, 5.41) is 13.9. The Labute approximate surface area is 152 Å². The standard InChI is InChI=1S/C19H21ClN2O3/c1-4-25-17-9-15(8-16(20)19(17)24)11-21-22-18(23)10-14-6-5-12(2)13(3)7-14/h5-9,11,24H,4,10H2,1-3H3,(H,22,23)/b21-11-. The topological polar surface area (TPSA) is 70.9 Å². The van der Waals surface area contributed by atoms with Crippen molar-refractivity contribution in [1.82, 2.24) is 5.43 Å². The van der Waals surface area contributed by atoms with Crippen LogP contribution in [0.2, 0.25) is 5.02 Å². The van der Waals surface area contributed by atoms with E-state index in [-0.39, 0.29) is 28.8 Å². The molecule has 0 aliphatic carbocycles. The summed E-state index contributed by atoms with van der Waals surface area (Å²) >= 11 is 5.95. The monoisotopic (exact) mass is 360 g/mol. The molecule has 5 nitrogen and oxygen atoms in total. The van der Waals surface area contributed by atoms with E-state index in [9.17, 15) is 9.90 Å². The lowest BCUT2D eigenvalue weighted by Gasteiger charge is -2.08. The molecule has 0 bridgehead atoms. The number of ether oxygens (including phenoxy) is 1. The van der Waals surface area contributed by atoms with E-state index in [2.05, 4.69) is 10.5 Å². The number of hydrazone groups is 1. The molecule has 0 radical (unpaired) electrons. The number of benzene rings is 2. The zero-order valence-corrected chi connectivity index (χ0v) is 15.2. The number of nitrogens with one attached hydrogen (secondary N) is 1. The van der Waals surface area contributed by atoms with Gasteiger partial charge in [-0.25, -0.2) is 5.43 Å². The number of carbonyl (C=O) groups is 1. The lowest BCUT2D eigenvalue weighted by Crippen LogP contribution is -2.19. The van der Waals surface area contributed by atoms with Crippen molar-refractivity contribution >= 4 is 23.7 Å². The number of nitrogens with zero attached hydrogens (tertiary/aromatic N) is 1. The highest BCUT2D eigenvalue weighted by molar-refractivity contribution is 6.32. The van der Waals surface area contributed by atoms with E-state index >= 15 is 0 Å². The van der Waals surface area contributed by atoms with Crippen molar-refractivity contribution in [1.29, 1.82) is 0 Å². The molecule has 2 rings (SSSR count). The molecule has 0 aliphatic rings. The highest BCUT2D eigenvalue weighted by atomic mass is 35.5. The number of amides is 1. The fourth-order valence-corrected chi connectivity index (χ4v) is 2.47. The van der Waals surface area contributed by atoms with E-state index in [0.717, 1.165) is 11.1 Å². The van der Waals surface area contributed by atoms with Gasteiger partial charge in [0.2, 0.25) is 5.91 Å². The van der Waals surface area contributed by atoms with Crippen LogP contribution in [0.15, 0.2) is 35.4 Å². The average Bonchev–Trinajstić information content (AvgIpc) is 2.56. The minimum Gasteiger partial charge on any atom is -0.503 e. The molecule has 0 saturated carbocycles. The van der Waals surface area contributed by atoms with Crippen molar-refractivity contribution in [3.63, 3.8) is 0 Å². The van der Waals surface area contributed by atoms with Crippen molar-refractivity contribution in [2.75, 3.05) is 6.61 Å². The van der Waals surface area contributed by atoms with Gasteiger partial charge >= 0.3 is 0 Å². The van der Waals surface area contributed by atoms with Gasteiger partial charge in [0.05, 0.1) is 24.3 Å². The molecular formula is C19H21ClN2O3. The van der Waals surface area contributed by atoms with Crippen LogP contribution in [0.3, 0.4) is 0 Å². The van der Waals surface area contributed by atoms with Gasteiger partial charge in [0.25, 0.3) is 0 Å². The molecule has 0 heterocycles. The summed E-state index contributed by atoms with van der Waals surface area (Å²) in [5.41, 5.74) is 6.37. The summed E-state index contributed by atoms with van der Waals surface area (Å²) in [6.07, 6.45) is 1.70. The summed E-state index contributed by atoms with van der Waals surface area (Å²) in [4.78, 5) is 12.0. The minimum atomic E-state index is -0.214. The highest BCUT2D eigenvalue weighted by Crippen LogP contribution is 2.34. The predicted molar refractivity (Wildman–Crippen MR) is 99.6 cm³/mol. The van der Waals surface area contributed by atoms with Crippen LogP contribution in [-0.4, -0.2) is 23.8 Å². The SMILES string of the molecule is CCOc1cc(/C=N\NC(=O)Cc2ccc(C)c(C)c2)cc(Cl)c1O. The molecule has 132 valence electrons. The smallest absolute Gasteiger partial charge is 0.244 e. The summed E-state index contributed by atoms with van der Waals surface area (Å²) in [7, 11) is 0. The third kappa shape index (κ3) is 5.22. The van der Waals surface area contributed by atoms with Gasteiger partial charge in [0, 0.05) is 0 Å². The van der Waals surface area contributed by atoms with Crippen LogP contribution in [0.4, 0.5) is 0 Å². The second kappa shape index (κ2) is 8.53. The van der Waals surface area contributed by atoms with E-state index in [1.165, 1.54) is 11.8 Å². The van der Waals surface area contributed by atoms with Crippen LogP contribution < -0.4 is 10.2 Å². The quantitative estimate of drug-likeness (QED) is 0.608. The molecule has 0 atom stereocenters. The number of hydrogen-bond donors (Lipinski definition) is 2. The van der Waals surface area contributed by atoms with Gasteiger partial charge in [-0.15, -0.1) is 0 Å². The molecule has 1 amide bonds. The maximum Gasteiger partial charge on any atom is 0.244 e. The third-order valence-corrected chi connectivity index (χ3v) is 3.98. The Hall–Kier alpha value is -2.53. The molecular weight excluding hydrogens is 340 g/mol. The van der Waals surface area contributed by atoms with Gasteiger partial charge in [-0.1, -0.05) is 29.8 Å². The Kier molecular flexibility index (Phi) is 6.42. The van der Waals surface area contributed by atoms with Crippen LogP contribution in [-0.2, 0) is 11.2 Å². The van der Waals surface area contributed by atoms with E-state index in [0.29, 0.717) is 12.2 Å². The fourth-order valence-electron chi connectivity index (χ4n) is 2.25. The van der Waals surface area contributed by atoms with Crippen molar-refractivity contribution in [2.45, 2.75) is 27.2 Å². The lowest BCUT2D eigenvalue weighted by molar-refractivity contribution is -0.120. The molecule has 0 aromatic heterocycles. The molecule has 0 fully saturated rings. The zero-order valence-electron chi connectivity index (χ0n) is 14.5. The Morgan fingerprint density at radius 1 is 1.28 bits per heavy atom. The van der Waals surface area contributed by atoms with Crippen molar-refractivity contribution in [2.24, 2.45) is 5.10 Å². The van der Waals surface area contributed by atoms with Gasteiger partial charge in [0.15, 0.2) is 11.5 Å². The van der Waals surface area contributed by atoms with Crippen LogP contribution in [0.25, 0.3) is 0 Å². The largest absolute Gasteiger partial charge is 0.503 e. The molecule has 2 N–H and O–H groups in total. The Bertz CT molecular complexity index is 803. The number of aromatic hydroxyl groups is 1. The van der Waals surface area contributed by atoms with Crippen LogP contribution in [0.5, 0.6) is 11.5 Å². The second-order valence-electron chi connectivity index (χ2n) is 5.67. The maximum atomic E-state index is 12.0. The molecule has 0 unspecified atom stereocenters. The molecule has 25 heavy (non-hydrogen) atoms. The molecule has 0 saturated heterocycles. The first-order valence-electron chi connectivity index (χ1n) is 7.94. The summed E-state index contributed by atoms with van der Waals surface area (Å²) in [6.45, 7) is 6.25. The summed E-state index contributed by atoms with van der Waals surface area (Å²) in [6, 6.07) is 9.06. The van der Waals surface area contributed by atoms with Crippen molar-refractivity contribution < 1.29 is 14.6 Å². The Morgan fingerprint density at radius 3 is 2.72 bits per heavy atom. The van der Waals surface area contributed by atoms with Gasteiger partial charge in [-0.05, 0) is 55.2 Å². The minimum absolute atomic E-state index is 0.112. The van der Waals surface area contributed by atoms with Crippen LogP contribution in [0, 0.1) is 13.8 Å². The average molecular weight is 361 g/mol. The van der Waals surface area contributed by atoms with Gasteiger partial charge in [0.1, 0.15) is 0 Å². The number of halogens is 1. The first kappa shape index (κ1) is 18.8. The number of hydrogen-bond acceptors (Lipinski definition) is 4. The summed E-state index contributed by atoms with van der Waals surface area (Å²) in [5.74, 6) is -0.0493. The van der Waals surface area contributed by atoms with Crippen molar-refractivity contribution in [3.8, 4) is 11.5 Å². The molecule has 0 spiro atoms. The van der Waals surface area contributed by atoms with Crippen LogP contribution >= 0.6 is 11.6 Å². The summed E-state index contributed by atoms with van der Waals surface area (Å²) < 4.78 is 5.30. The first-order chi connectivity index (χ1) is 11.9. The zero-order chi connectivity index (χ0) is 18.4. The molecule has 0 aliphatic heterocycles. The fraction of sp³-hybridized carbons (Fsp3) is 0.263. The molecule has 6 heteroatoms. The van der Waals surface area contributed by atoms with E-state index in [1.807, 2.05) is 32.0 Å². The van der Waals surface area contributed by atoms with Crippen LogP contribution in [0.1, 0.15) is 29.2 Å². The number of phenols is 1. The van der Waals surface area contributed by atoms with E-state index in [4.69, 9.17) is 16.3 Å². The third-order valence-electron chi connectivity index (χ3n) is 3.69. The normalized spacial score (nSPS) is 10.9. The Balaban J connectivity index is 2.00. The number of aryl methyl sites for hydroxylation is 2. The Morgan fingerprint density at radius 2 is 2.04 bits per heavy atom. The van der Waals surface area contributed by atoms with Gasteiger partial charge in [-0.3, -0.25) is 4.79 Å². The number of phenolic OH excluding ortho intramolecular Hbond substituents is 1. The lowest BCUT2D eigenvalue weighted by atomic mass is 10.0. The number of carbonyl (C=O) groups excluding carboxylic acids is 1. The first-order valence-corrected chi connectivity index (χ1v) is 8.31. The highest BCUT2D eigenvalue weighted by Gasteiger charge is 2.09. The van der Waals surface area contributed by atoms with Gasteiger partial charge < -0.3 is 9.84 Å².